The van der Waals surface area contributed by atoms with Crippen LogP contribution < -0.4 is 0 Å². The molecule has 0 unspecified atom stereocenters. The predicted molar refractivity (Wildman–Crippen MR) is 50.7 cm³/mol. The van der Waals surface area contributed by atoms with Crippen LogP contribution in [0.25, 0.3) is 0 Å². The highest BCUT2D eigenvalue weighted by Gasteiger charge is 2.11. The molecule has 0 aliphatic heterocycles. The summed E-state index contributed by atoms with van der Waals surface area (Å²) in [5, 5.41) is 9.05. The first-order valence-corrected chi connectivity index (χ1v) is 4.14. The number of aromatic carboxylic acids is 1. The van der Waals surface area contributed by atoms with Crippen LogP contribution in [-0.2, 0) is 0 Å². The number of carboxylic acids is 1. The molecule has 1 rings (SSSR count). The van der Waals surface area contributed by atoms with E-state index < -0.39 is 5.97 Å². The van der Waals surface area contributed by atoms with Gasteiger partial charge in [0, 0.05) is 9.92 Å². The third-order valence-corrected chi connectivity index (χ3v) is 2.36. The second-order valence-electron chi connectivity index (χ2n) is 2.09. The van der Waals surface area contributed by atoms with E-state index in [9.17, 15) is 4.79 Å². The van der Waals surface area contributed by atoms with Gasteiger partial charge in [0.1, 0.15) is 0 Å². The molecule has 0 bridgehead atoms. The summed E-state index contributed by atoms with van der Waals surface area (Å²) in [6.07, 6.45) is 0. The number of hydrogen-bond donors (Lipinski definition) is 2. The van der Waals surface area contributed by atoms with Crippen LogP contribution in [0.3, 0.4) is 0 Å². The molecule has 0 aliphatic rings. The Labute approximate surface area is 84.5 Å². The summed E-state index contributed by atoms with van der Waals surface area (Å²) in [5.41, 5.74) is -0.0332. The van der Waals surface area contributed by atoms with Crippen LogP contribution >= 0.6 is 35.8 Å². The lowest BCUT2D eigenvalue weighted by molar-refractivity contribution is 0.0697. The molecule has 0 fully saturated rings. The Morgan fingerprint density at radius 2 is 2.00 bits per heavy atom. The number of hydrogen-bond acceptors (Lipinski definition) is 2. The van der Waals surface area contributed by atoms with Gasteiger partial charge < -0.3 is 5.11 Å². The summed E-state index contributed by atoms with van der Waals surface area (Å²) in [5.74, 6) is -1.11. The van der Waals surface area contributed by atoms with Gasteiger partial charge in [-0.05, 0) is 12.1 Å². The second-order valence-corrected chi connectivity index (χ2v) is 3.39. The Hall–Kier alpha value is -0.380. The van der Waals surface area contributed by atoms with Crippen LogP contribution in [0.2, 0.25) is 10.0 Å². The van der Waals surface area contributed by atoms with Crippen molar-refractivity contribution in [3.05, 3.63) is 27.7 Å². The molecule has 0 saturated heterocycles. The fourth-order valence-corrected chi connectivity index (χ4v) is 1.47. The van der Waals surface area contributed by atoms with Crippen molar-refractivity contribution in [3.63, 3.8) is 0 Å². The molecule has 1 N–H and O–H groups in total. The smallest absolute Gasteiger partial charge is 0.337 e. The average molecular weight is 223 g/mol. The van der Waals surface area contributed by atoms with Gasteiger partial charge in [-0.25, -0.2) is 4.79 Å². The maximum Gasteiger partial charge on any atom is 0.337 e. The number of rotatable bonds is 1. The quantitative estimate of drug-likeness (QED) is 0.718. The van der Waals surface area contributed by atoms with Crippen LogP contribution in [0.4, 0.5) is 0 Å². The van der Waals surface area contributed by atoms with Crippen molar-refractivity contribution in [1.82, 2.24) is 0 Å². The predicted octanol–water partition coefficient (Wildman–Crippen LogP) is 2.98. The van der Waals surface area contributed by atoms with Gasteiger partial charge in [0.05, 0.1) is 10.6 Å². The van der Waals surface area contributed by atoms with Crippen molar-refractivity contribution >= 4 is 41.8 Å². The molecule has 0 amide bonds. The van der Waals surface area contributed by atoms with Crippen molar-refractivity contribution < 1.29 is 9.90 Å². The summed E-state index contributed by atoms with van der Waals surface area (Å²) in [7, 11) is 0. The highest BCUT2D eigenvalue weighted by molar-refractivity contribution is 7.80. The fourth-order valence-electron chi connectivity index (χ4n) is 0.730. The van der Waals surface area contributed by atoms with Gasteiger partial charge in [-0.15, -0.1) is 12.6 Å². The molecule has 0 aromatic heterocycles. The highest BCUT2D eigenvalue weighted by Crippen LogP contribution is 2.28. The maximum atomic E-state index is 10.5. The van der Waals surface area contributed by atoms with E-state index in [1.165, 1.54) is 12.1 Å². The first-order valence-electron chi connectivity index (χ1n) is 2.93. The molecule has 0 heterocycles. The zero-order valence-corrected chi connectivity index (χ0v) is 8.12. The Kier molecular flexibility index (Phi) is 2.88. The molecule has 0 aliphatic carbocycles. The topological polar surface area (TPSA) is 37.3 Å². The zero-order chi connectivity index (χ0) is 9.30. The molecule has 0 saturated carbocycles. The van der Waals surface area contributed by atoms with Gasteiger partial charge in [-0.3, -0.25) is 0 Å². The molecule has 1 aromatic carbocycles. The molecular weight excluding hydrogens is 219 g/mol. The maximum absolute atomic E-state index is 10.5. The van der Waals surface area contributed by atoms with E-state index in [4.69, 9.17) is 28.3 Å². The van der Waals surface area contributed by atoms with E-state index >= 15 is 0 Å². The molecular formula is C7H4Cl2O2S. The van der Waals surface area contributed by atoms with Crippen LogP contribution in [0.15, 0.2) is 17.0 Å². The van der Waals surface area contributed by atoms with Crippen LogP contribution in [0.1, 0.15) is 10.4 Å². The third-order valence-electron chi connectivity index (χ3n) is 1.25. The normalized spacial score (nSPS) is 9.92. The Morgan fingerprint density at radius 1 is 1.42 bits per heavy atom. The minimum Gasteiger partial charge on any atom is -0.478 e. The first-order chi connectivity index (χ1) is 5.52. The van der Waals surface area contributed by atoms with Gasteiger partial charge in [0.15, 0.2) is 0 Å². The van der Waals surface area contributed by atoms with Crippen LogP contribution in [0, 0.1) is 0 Å². The van der Waals surface area contributed by atoms with Crippen molar-refractivity contribution in [3.8, 4) is 0 Å². The molecule has 1 aromatic rings. The van der Waals surface area contributed by atoms with Crippen LogP contribution in [-0.4, -0.2) is 11.1 Å². The van der Waals surface area contributed by atoms with E-state index in [1.54, 1.807) is 0 Å². The lowest BCUT2D eigenvalue weighted by Gasteiger charge is -2.01. The minimum atomic E-state index is -1.11. The Bertz CT molecular complexity index is 338. The number of halogens is 2. The molecule has 0 atom stereocenters. The van der Waals surface area contributed by atoms with Gasteiger partial charge in [0.25, 0.3) is 0 Å². The highest BCUT2D eigenvalue weighted by atomic mass is 35.5. The standard InChI is InChI=1S/C7H4Cl2O2S/c8-3-1-4(7(10)11)6(9)5(12)2-3/h1-2,12H,(H,10,11). The van der Waals surface area contributed by atoms with Crippen LogP contribution in [0.5, 0.6) is 0 Å². The van der Waals surface area contributed by atoms with Crippen molar-refractivity contribution in [2.24, 2.45) is 0 Å². The molecule has 0 radical (unpaired) electrons. The summed E-state index contributed by atoms with van der Waals surface area (Å²) in [6, 6.07) is 2.77. The molecule has 12 heavy (non-hydrogen) atoms. The van der Waals surface area contributed by atoms with Gasteiger partial charge in [-0.2, -0.15) is 0 Å². The summed E-state index contributed by atoms with van der Waals surface area (Å²) in [6.45, 7) is 0. The Morgan fingerprint density at radius 3 is 2.50 bits per heavy atom. The first kappa shape index (κ1) is 9.71. The SMILES string of the molecule is O=C(O)c1cc(Cl)cc(S)c1Cl. The van der Waals surface area contributed by atoms with E-state index in [-0.39, 0.29) is 10.6 Å². The van der Waals surface area contributed by atoms with E-state index in [0.29, 0.717) is 9.92 Å². The molecule has 0 spiro atoms. The molecule has 64 valence electrons. The number of benzene rings is 1. The second kappa shape index (κ2) is 3.56. The summed E-state index contributed by atoms with van der Waals surface area (Å²) >= 11 is 15.2. The summed E-state index contributed by atoms with van der Waals surface area (Å²) < 4.78 is 0. The van der Waals surface area contributed by atoms with Crippen molar-refractivity contribution in [2.45, 2.75) is 4.90 Å². The lowest BCUT2D eigenvalue weighted by Crippen LogP contribution is -1.97. The summed E-state index contributed by atoms with van der Waals surface area (Å²) in [4.78, 5) is 10.9. The molecule has 5 heteroatoms. The lowest BCUT2D eigenvalue weighted by atomic mass is 10.2. The van der Waals surface area contributed by atoms with E-state index in [1.807, 2.05) is 0 Å². The van der Waals surface area contributed by atoms with Crippen molar-refractivity contribution in [1.29, 1.82) is 0 Å². The van der Waals surface area contributed by atoms with Gasteiger partial charge >= 0.3 is 5.97 Å². The van der Waals surface area contributed by atoms with Crippen molar-refractivity contribution in [2.75, 3.05) is 0 Å². The third kappa shape index (κ3) is 1.86. The Balaban J connectivity index is 3.37. The van der Waals surface area contributed by atoms with E-state index in [2.05, 4.69) is 12.6 Å². The minimum absolute atomic E-state index is 0.0332. The van der Waals surface area contributed by atoms with Gasteiger partial charge in [-0.1, -0.05) is 23.2 Å². The van der Waals surface area contributed by atoms with Gasteiger partial charge in [0.2, 0.25) is 0 Å². The molecule has 2 nitrogen and oxygen atoms in total. The zero-order valence-electron chi connectivity index (χ0n) is 5.71. The monoisotopic (exact) mass is 222 g/mol. The number of carbonyl (C=O) groups is 1. The van der Waals surface area contributed by atoms with E-state index in [0.717, 1.165) is 0 Å². The largest absolute Gasteiger partial charge is 0.478 e. The fraction of sp³-hybridized carbons (Fsp3) is 0. The number of carboxylic acid groups (broad SMARTS) is 1. The number of thiol groups is 1. The average Bonchev–Trinajstić information content (AvgIpc) is 1.96.